The SMILES string of the molecule is CN=Cc1cc(-n2nc3ccc(OCC(F)F)nc3c(-c3ccn[nH]3)c2=O)ccc1N. The Balaban J connectivity index is 1.95. The highest BCUT2D eigenvalue weighted by Gasteiger charge is 2.18. The molecule has 4 rings (SSSR count). The van der Waals surface area contributed by atoms with Gasteiger partial charge in [-0.25, -0.2) is 13.8 Å². The summed E-state index contributed by atoms with van der Waals surface area (Å²) < 4.78 is 31.2. The third kappa shape index (κ3) is 3.97. The van der Waals surface area contributed by atoms with Crippen molar-refractivity contribution in [3.63, 3.8) is 0 Å². The number of fused-ring (bicyclic) bond motifs is 1. The van der Waals surface area contributed by atoms with Gasteiger partial charge in [0.15, 0.2) is 6.61 Å². The normalized spacial score (nSPS) is 11.6. The fourth-order valence-electron chi connectivity index (χ4n) is 3.05. The molecule has 3 aromatic heterocycles. The first-order valence-corrected chi connectivity index (χ1v) is 9.14. The standard InChI is InChI=1S/C20H17F2N7O2/c1-24-9-11-8-12(2-3-13(11)23)29-20(30)18(14-6-7-25-27-14)19-15(28-29)4-5-17(26-19)31-10-16(21)22/h2-9,16H,10,23H2,1H3,(H,25,27). The number of H-pyrrole nitrogens is 1. The average molecular weight is 425 g/mol. The highest BCUT2D eigenvalue weighted by Crippen LogP contribution is 2.25. The Hall–Kier alpha value is -4.15. The number of aromatic amines is 1. The number of benzene rings is 1. The van der Waals surface area contributed by atoms with E-state index in [1.165, 1.54) is 16.9 Å². The molecule has 0 spiro atoms. The van der Waals surface area contributed by atoms with Crippen molar-refractivity contribution in [2.75, 3.05) is 19.4 Å². The summed E-state index contributed by atoms with van der Waals surface area (Å²) in [6.07, 6.45) is 0.415. The minimum Gasteiger partial charge on any atom is -0.472 e. The lowest BCUT2D eigenvalue weighted by Crippen LogP contribution is -2.24. The summed E-state index contributed by atoms with van der Waals surface area (Å²) in [6.45, 7) is -0.810. The minimum absolute atomic E-state index is 0.0403. The van der Waals surface area contributed by atoms with E-state index in [-0.39, 0.29) is 17.0 Å². The average Bonchev–Trinajstić information content (AvgIpc) is 3.28. The second-order valence-corrected chi connectivity index (χ2v) is 6.48. The fourth-order valence-corrected chi connectivity index (χ4v) is 3.05. The second kappa shape index (κ2) is 8.30. The maximum absolute atomic E-state index is 13.4. The first-order valence-electron chi connectivity index (χ1n) is 9.14. The van der Waals surface area contributed by atoms with Gasteiger partial charge in [-0.05, 0) is 30.3 Å². The molecular formula is C20H17F2N7O2. The molecule has 4 aromatic rings. The molecule has 0 saturated heterocycles. The lowest BCUT2D eigenvalue weighted by atomic mass is 10.1. The molecule has 0 aliphatic carbocycles. The monoisotopic (exact) mass is 425 g/mol. The molecule has 0 fully saturated rings. The zero-order valence-corrected chi connectivity index (χ0v) is 16.3. The Labute approximate surface area is 174 Å². The summed E-state index contributed by atoms with van der Waals surface area (Å²) in [7, 11) is 1.61. The molecule has 0 amide bonds. The molecule has 0 unspecified atom stereocenters. The van der Waals surface area contributed by atoms with Crippen LogP contribution in [0.1, 0.15) is 5.56 Å². The Morgan fingerprint density at radius 1 is 1.29 bits per heavy atom. The number of nitrogens with two attached hydrogens (primary N) is 1. The zero-order valence-electron chi connectivity index (χ0n) is 16.3. The molecule has 0 saturated carbocycles. The summed E-state index contributed by atoms with van der Waals surface area (Å²) in [6, 6.07) is 9.57. The van der Waals surface area contributed by atoms with Crippen molar-refractivity contribution in [1.29, 1.82) is 0 Å². The molecule has 0 radical (unpaired) electrons. The fraction of sp³-hybridized carbons (Fsp3) is 0.150. The molecule has 31 heavy (non-hydrogen) atoms. The van der Waals surface area contributed by atoms with Crippen molar-refractivity contribution in [2.24, 2.45) is 4.99 Å². The molecule has 11 heteroatoms. The van der Waals surface area contributed by atoms with Gasteiger partial charge in [0.25, 0.3) is 12.0 Å². The quantitative estimate of drug-likeness (QED) is 0.361. The van der Waals surface area contributed by atoms with Gasteiger partial charge in [0.05, 0.1) is 16.9 Å². The predicted octanol–water partition coefficient (Wildman–Crippen LogP) is 2.45. The van der Waals surface area contributed by atoms with Crippen molar-refractivity contribution in [1.82, 2.24) is 25.0 Å². The number of nitrogen functional groups attached to an aromatic ring is 1. The molecule has 3 heterocycles. The Bertz CT molecular complexity index is 1320. The van der Waals surface area contributed by atoms with E-state index < -0.39 is 18.6 Å². The van der Waals surface area contributed by atoms with E-state index in [0.717, 1.165) is 0 Å². The van der Waals surface area contributed by atoms with Crippen molar-refractivity contribution in [3.05, 3.63) is 58.5 Å². The smallest absolute Gasteiger partial charge is 0.283 e. The molecule has 0 atom stereocenters. The van der Waals surface area contributed by atoms with Gasteiger partial charge in [0.2, 0.25) is 5.88 Å². The minimum atomic E-state index is -2.65. The number of hydrogen-bond acceptors (Lipinski definition) is 7. The number of halogens is 2. The molecule has 158 valence electrons. The summed E-state index contributed by atoms with van der Waals surface area (Å²) in [5, 5.41) is 11.0. The van der Waals surface area contributed by atoms with Gasteiger partial charge in [0.1, 0.15) is 11.0 Å². The Morgan fingerprint density at radius 3 is 2.84 bits per heavy atom. The van der Waals surface area contributed by atoms with Crippen molar-refractivity contribution < 1.29 is 13.5 Å². The van der Waals surface area contributed by atoms with Gasteiger partial charge in [-0.2, -0.15) is 14.9 Å². The Morgan fingerprint density at radius 2 is 2.13 bits per heavy atom. The van der Waals surface area contributed by atoms with Crippen LogP contribution >= 0.6 is 0 Å². The van der Waals surface area contributed by atoms with Crippen LogP contribution in [0.5, 0.6) is 5.88 Å². The largest absolute Gasteiger partial charge is 0.472 e. The zero-order chi connectivity index (χ0) is 22.0. The van der Waals surface area contributed by atoms with Crippen LogP contribution in [0, 0.1) is 0 Å². The number of pyridine rings is 1. The van der Waals surface area contributed by atoms with E-state index in [9.17, 15) is 13.6 Å². The Kier molecular flexibility index (Phi) is 5.39. The van der Waals surface area contributed by atoms with E-state index in [0.29, 0.717) is 28.1 Å². The first kappa shape index (κ1) is 20.1. The van der Waals surface area contributed by atoms with Gasteiger partial charge < -0.3 is 10.5 Å². The molecule has 1 aromatic carbocycles. The summed E-state index contributed by atoms with van der Waals surface area (Å²) in [5.41, 5.74) is 8.20. The van der Waals surface area contributed by atoms with Crippen LogP contribution in [0.15, 0.2) is 52.4 Å². The number of nitrogens with zero attached hydrogens (tertiary/aromatic N) is 5. The van der Waals surface area contributed by atoms with E-state index in [2.05, 4.69) is 25.3 Å². The third-order valence-corrected chi connectivity index (χ3v) is 4.41. The second-order valence-electron chi connectivity index (χ2n) is 6.48. The van der Waals surface area contributed by atoms with Crippen molar-refractivity contribution >= 4 is 22.9 Å². The molecule has 0 aliphatic rings. The van der Waals surface area contributed by atoms with Gasteiger partial charge in [-0.15, -0.1) is 0 Å². The number of nitrogens with one attached hydrogen (secondary N) is 1. The van der Waals surface area contributed by atoms with Crippen LogP contribution in [0.4, 0.5) is 14.5 Å². The van der Waals surface area contributed by atoms with Gasteiger partial charge in [-0.1, -0.05) is 0 Å². The number of rotatable bonds is 6. The van der Waals surface area contributed by atoms with Crippen LogP contribution in [0.3, 0.4) is 0 Å². The van der Waals surface area contributed by atoms with Gasteiger partial charge >= 0.3 is 0 Å². The topological polar surface area (TPSA) is 124 Å². The van der Waals surface area contributed by atoms with Crippen molar-refractivity contribution in [2.45, 2.75) is 6.43 Å². The highest BCUT2D eigenvalue weighted by molar-refractivity contribution is 5.90. The van der Waals surface area contributed by atoms with E-state index in [1.807, 2.05) is 0 Å². The molecule has 9 nitrogen and oxygen atoms in total. The molecule has 0 aliphatic heterocycles. The maximum Gasteiger partial charge on any atom is 0.283 e. The van der Waals surface area contributed by atoms with E-state index in [4.69, 9.17) is 10.5 Å². The highest BCUT2D eigenvalue weighted by atomic mass is 19.3. The van der Waals surface area contributed by atoms with Gasteiger partial charge in [-0.3, -0.25) is 14.9 Å². The first-order chi connectivity index (χ1) is 15.0. The summed E-state index contributed by atoms with van der Waals surface area (Å²) in [4.78, 5) is 21.6. The third-order valence-electron chi connectivity index (χ3n) is 4.41. The molecule has 0 bridgehead atoms. The predicted molar refractivity (Wildman–Crippen MR) is 112 cm³/mol. The number of alkyl halides is 2. The number of anilines is 1. The molecular weight excluding hydrogens is 408 g/mol. The number of aliphatic imine (C=N–C) groups is 1. The van der Waals surface area contributed by atoms with Gasteiger partial charge in [0, 0.05) is 36.8 Å². The summed E-state index contributed by atoms with van der Waals surface area (Å²) >= 11 is 0. The van der Waals surface area contributed by atoms with E-state index >= 15 is 0 Å². The molecule has 3 N–H and O–H groups in total. The number of ether oxygens (including phenoxy) is 1. The maximum atomic E-state index is 13.4. The number of hydrogen-bond donors (Lipinski definition) is 2. The lowest BCUT2D eigenvalue weighted by molar-refractivity contribution is 0.0798. The number of aromatic nitrogens is 5. The van der Waals surface area contributed by atoms with Crippen LogP contribution in [-0.2, 0) is 0 Å². The van der Waals surface area contributed by atoms with Crippen LogP contribution in [0.2, 0.25) is 0 Å². The van der Waals surface area contributed by atoms with Crippen LogP contribution in [0.25, 0.3) is 28.0 Å². The van der Waals surface area contributed by atoms with E-state index in [1.54, 1.807) is 43.6 Å². The van der Waals surface area contributed by atoms with Crippen LogP contribution < -0.4 is 16.0 Å². The van der Waals surface area contributed by atoms with Crippen LogP contribution in [-0.4, -0.2) is 51.3 Å². The summed E-state index contributed by atoms with van der Waals surface area (Å²) in [5.74, 6) is -0.0403. The lowest BCUT2D eigenvalue weighted by Gasteiger charge is -2.12. The van der Waals surface area contributed by atoms with Crippen molar-refractivity contribution in [3.8, 4) is 22.8 Å².